The van der Waals surface area contributed by atoms with Gasteiger partial charge in [0.2, 0.25) is 12.7 Å². The second kappa shape index (κ2) is 6.77. The van der Waals surface area contributed by atoms with E-state index in [1.807, 2.05) is 0 Å². The zero-order valence-corrected chi connectivity index (χ0v) is 13.9. The van der Waals surface area contributed by atoms with Gasteiger partial charge in [-0.3, -0.25) is 9.69 Å². The van der Waals surface area contributed by atoms with Gasteiger partial charge in [-0.25, -0.2) is 4.79 Å². The number of anilines is 1. The van der Waals surface area contributed by atoms with Gasteiger partial charge in [0, 0.05) is 24.8 Å². The fourth-order valence-corrected chi connectivity index (χ4v) is 2.70. The van der Waals surface area contributed by atoms with Gasteiger partial charge in [-0.15, -0.1) is 0 Å². The Morgan fingerprint density at radius 1 is 1.24 bits per heavy atom. The Morgan fingerprint density at radius 2 is 1.96 bits per heavy atom. The van der Waals surface area contributed by atoms with Crippen LogP contribution in [0.2, 0.25) is 0 Å². The van der Waals surface area contributed by atoms with E-state index in [0.29, 0.717) is 30.3 Å². The molecular weight excluding hydrogens is 330 g/mol. The Morgan fingerprint density at radius 3 is 2.68 bits per heavy atom. The highest BCUT2D eigenvalue weighted by atomic mass is 16.7. The van der Waals surface area contributed by atoms with Crippen LogP contribution in [0.15, 0.2) is 18.2 Å². The van der Waals surface area contributed by atoms with E-state index in [0.717, 1.165) is 0 Å². The van der Waals surface area contributed by atoms with Gasteiger partial charge in [0.15, 0.2) is 11.5 Å². The first-order chi connectivity index (χ1) is 12.0. The van der Waals surface area contributed by atoms with Crippen LogP contribution in [0.25, 0.3) is 0 Å². The van der Waals surface area contributed by atoms with Gasteiger partial charge in [0.1, 0.15) is 6.54 Å². The maximum atomic E-state index is 12.5. The standard InChI is InChI=1S/C16H21N3O6/c1-16(8-20,9-21)17-14(22)7-18-4-5-19(15(18)23)11-2-3-12-13(6-11)25-10-24-12/h2-3,6,20-21H,4-5,7-10H2,1H3,(H,17,22). The molecular formula is C16H21N3O6. The number of amides is 3. The van der Waals surface area contributed by atoms with Crippen molar-refractivity contribution in [1.82, 2.24) is 10.2 Å². The average Bonchev–Trinajstić information content (AvgIpc) is 3.21. The minimum Gasteiger partial charge on any atom is -0.454 e. The molecule has 1 fully saturated rings. The summed E-state index contributed by atoms with van der Waals surface area (Å²) in [7, 11) is 0. The summed E-state index contributed by atoms with van der Waals surface area (Å²) >= 11 is 0. The minimum absolute atomic E-state index is 0.143. The summed E-state index contributed by atoms with van der Waals surface area (Å²) in [6.07, 6.45) is 0. The number of urea groups is 1. The summed E-state index contributed by atoms with van der Waals surface area (Å²) in [5.41, 5.74) is -0.440. The summed E-state index contributed by atoms with van der Waals surface area (Å²) in [5.74, 6) is 0.786. The molecule has 0 saturated carbocycles. The molecule has 1 saturated heterocycles. The van der Waals surface area contributed by atoms with Crippen LogP contribution in [0.5, 0.6) is 11.5 Å². The van der Waals surface area contributed by atoms with E-state index in [1.54, 1.807) is 23.1 Å². The van der Waals surface area contributed by atoms with Gasteiger partial charge in [0.25, 0.3) is 0 Å². The molecule has 136 valence electrons. The molecule has 9 heteroatoms. The van der Waals surface area contributed by atoms with Gasteiger partial charge in [-0.05, 0) is 19.1 Å². The Hall–Kier alpha value is -2.52. The SMILES string of the molecule is CC(CO)(CO)NC(=O)CN1CCN(c2ccc3c(c2)OCO3)C1=O. The van der Waals surface area contributed by atoms with Crippen molar-refractivity contribution in [2.75, 3.05) is 44.5 Å². The number of aliphatic hydroxyl groups is 2. The zero-order chi connectivity index (χ0) is 18.0. The smallest absolute Gasteiger partial charge is 0.325 e. The van der Waals surface area contributed by atoms with Crippen molar-refractivity contribution in [2.45, 2.75) is 12.5 Å². The van der Waals surface area contributed by atoms with Gasteiger partial charge >= 0.3 is 6.03 Å². The lowest BCUT2D eigenvalue weighted by atomic mass is 10.1. The van der Waals surface area contributed by atoms with Crippen LogP contribution >= 0.6 is 0 Å². The average molecular weight is 351 g/mol. The van der Waals surface area contributed by atoms with Gasteiger partial charge in [-0.2, -0.15) is 0 Å². The van der Waals surface area contributed by atoms with E-state index in [2.05, 4.69) is 5.32 Å². The van der Waals surface area contributed by atoms with E-state index < -0.39 is 24.7 Å². The molecule has 25 heavy (non-hydrogen) atoms. The predicted octanol–water partition coefficient (Wildman–Crippen LogP) is -0.483. The number of hydrogen-bond acceptors (Lipinski definition) is 6. The third-order valence-electron chi connectivity index (χ3n) is 4.24. The first-order valence-corrected chi connectivity index (χ1v) is 7.94. The van der Waals surface area contributed by atoms with Gasteiger partial charge in [-0.1, -0.05) is 0 Å². The highest BCUT2D eigenvalue weighted by Gasteiger charge is 2.33. The number of ether oxygens (including phenoxy) is 2. The van der Waals surface area contributed by atoms with E-state index in [-0.39, 0.29) is 19.4 Å². The molecule has 0 unspecified atom stereocenters. The van der Waals surface area contributed by atoms with Crippen molar-refractivity contribution in [3.05, 3.63) is 18.2 Å². The van der Waals surface area contributed by atoms with Crippen molar-refractivity contribution >= 4 is 17.6 Å². The van der Waals surface area contributed by atoms with E-state index in [1.165, 1.54) is 11.8 Å². The molecule has 1 aromatic rings. The topological polar surface area (TPSA) is 112 Å². The third-order valence-corrected chi connectivity index (χ3v) is 4.24. The molecule has 2 heterocycles. The number of carbonyl (C=O) groups is 2. The predicted molar refractivity (Wildman–Crippen MR) is 87.6 cm³/mol. The number of nitrogens with zero attached hydrogens (tertiary/aromatic N) is 2. The second-order valence-electron chi connectivity index (χ2n) is 6.32. The number of benzene rings is 1. The molecule has 3 N–H and O–H groups in total. The summed E-state index contributed by atoms with van der Waals surface area (Å²) < 4.78 is 10.6. The summed E-state index contributed by atoms with van der Waals surface area (Å²) in [5, 5.41) is 21.0. The molecule has 0 radical (unpaired) electrons. The van der Waals surface area contributed by atoms with Gasteiger partial charge < -0.3 is 29.9 Å². The molecule has 0 spiro atoms. The largest absolute Gasteiger partial charge is 0.454 e. The lowest BCUT2D eigenvalue weighted by Gasteiger charge is -2.27. The van der Waals surface area contributed by atoms with Crippen LogP contribution in [0.4, 0.5) is 10.5 Å². The zero-order valence-electron chi connectivity index (χ0n) is 13.9. The first-order valence-electron chi connectivity index (χ1n) is 7.94. The van der Waals surface area contributed by atoms with Crippen molar-refractivity contribution in [2.24, 2.45) is 0 Å². The maximum Gasteiger partial charge on any atom is 0.325 e. The third kappa shape index (κ3) is 3.47. The normalized spacial score (nSPS) is 16.5. The highest BCUT2D eigenvalue weighted by Crippen LogP contribution is 2.36. The highest BCUT2D eigenvalue weighted by molar-refractivity contribution is 5.96. The van der Waals surface area contributed by atoms with E-state index in [9.17, 15) is 19.8 Å². The van der Waals surface area contributed by atoms with Crippen molar-refractivity contribution < 1.29 is 29.3 Å². The van der Waals surface area contributed by atoms with Crippen LogP contribution in [0, 0.1) is 0 Å². The molecule has 3 rings (SSSR count). The number of fused-ring (bicyclic) bond motifs is 1. The molecule has 9 nitrogen and oxygen atoms in total. The molecule has 3 amide bonds. The maximum absolute atomic E-state index is 12.5. The number of carbonyl (C=O) groups excluding carboxylic acids is 2. The Bertz CT molecular complexity index is 676. The summed E-state index contributed by atoms with van der Waals surface area (Å²) in [6.45, 7) is 1.59. The molecule has 1 aromatic carbocycles. The van der Waals surface area contributed by atoms with E-state index in [4.69, 9.17) is 9.47 Å². The van der Waals surface area contributed by atoms with Crippen molar-refractivity contribution in [3.63, 3.8) is 0 Å². The molecule has 2 aliphatic rings. The number of hydrogen-bond donors (Lipinski definition) is 3. The van der Waals surface area contributed by atoms with Crippen LogP contribution in [0.3, 0.4) is 0 Å². The summed E-state index contributed by atoms with van der Waals surface area (Å²) in [4.78, 5) is 27.6. The minimum atomic E-state index is -1.11. The van der Waals surface area contributed by atoms with Crippen molar-refractivity contribution in [3.8, 4) is 11.5 Å². The van der Waals surface area contributed by atoms with Crippen LogP contribution in [-0.4, -0.2) is 72.2 Å². The van der Waals surface area contributed by atoms with Crippen molar-refractivity contribution in [1.29, 1.82) is 0 Å². The van der Waals surface area contributed by atoms with Crippen LogP contribution in [-0.2, 0) is 4.79 Å². The molecule has 0 aromatic heterocycles. The summed E-state index contributed by atoms with van der Waals surface area (Å²) in [6, 6.07) is 4.96. The molecule has 2 aliphatic heterocycles. The Balaban J connectivity index is 1.63. The van der Waals surface area contributed by atoms with Crippen LogP contribution < -0.4 is 19.7 Å². The Labute approximate surface area is 144 Å². The Kier molecular flexibility index (Phi) is 4.69. The molecule has 0 bridgehead atoms. The fourth-order valence-electron chi connectivity index (χ4n) is 2.70. The monoisotopic (exact) mass is 351 g/mol. The second-order valence-corrected chi connectivity index (χ2v) is 6.32. The lowest BCUT2D eigenvalue weighted by Crippen LogP contribution is -2.54. The quantitative estimate of drug-likeness (QED) is 0.638. The fraction of sp³-hybridized carbons (Fsp3) is 0.500. The van der Waals surface area contributed by atoms with Crippen LogP contribution in [0.1, 0.15) is 6.92 Å². The number of rotatable bonds is 6. The number of nitrogens with one attached hydrogen (secondary N) is 1. The van der Waals surface area contributed by atoms with Gasteiger partial charge in [0.05, 0.1) is 18.8 Å². The first kappa shape index (κ1) is 17.3. The molecule has 0 aliphatic carbocycles. The lowest BCUT2D eigenvalue weighted by molar-refractivity contribution is -0.124. The van der Waals surface area contributed by atoms with E-state index >= 15 is 0 Å². The molecule has 0 atom stereocenters. The number of aliphatic hydroxyl groups excluding tert-OH is 2.